The van der Waals surface area contributed by atoms with Crippen LogP contribution in [0.4, 0.5) is 0 Å². The van der Waals surface area contributed by atoms with Crippen LogP contribution in [0.2, 0.25) is 0 Å². The molecule has 0 unspecified atom stereocenters. The molecule has 0 fully saturated rings. The van der Waals surface area contributed by atoms with Gasteiger partial charge in [0.05, 0.1) is 18.5 Å². The Balaban J connectivity index is 1.51. The Morgan fingerprint density at radius 2 is 1.82 bits per heavy atom. The molecule has 0 bridgehead atoms. The first-order valence-corrected chi connectivity index (χ1v) is 9.86. The van der Waals surface area contributed by atoms with Gasteiger partial charge in [-0.15, -0.1) is 0 Å². The van der Waals surface area contributed by atoms with E-state index < -0.39 is 0 Å². The minimum Gasteiger partial charge on any atom is -0.494 e. The number of nitrogens with zero attached hydrogens (tertiary/aromatic N) is 1. The topological polar surface area (TPSA) is 67.0 Å². The van der Waals surface area contributed by atoms with Crippen molar-refractivity contribution in [2.45, 2.75) is 39.2 Å². The van der Waals surface area contributed by atoms with Crippen molar-refractivity contribution < 1.29 is 9.53 Å². The Morgan fingerprint density at radius 1 is 1.04 bits per heavy atom. The van der Waals surface area contributed by atoms with Gasteiger partial charge in [-0.2, -0.15) is 5.10 Å². The molecule has 28 heavy (non-hydrogen) atoms. The molecule has 1 amide bonds. The molecule has 0 radical (unpaired) electrons. The van der Waals surface area contributed by atoms with Crippen LogP contribution in [-0.2, 0) is 6.54 Å². The SMILES string of the molecule is CCCCCCOc1ccc(C(=O)NCc2cn[nH]c2-c2ccccc2)cc1. The number of carbonyl (C=O) groups is 1. The number of nitrogens with one attached hydrogen (secondary N) is 2. The fraction of sp³-hybridized carbons (Fsp3) is 0.304. The van der Waals surface area contributed by atoms with Crippen LogP contribution in [0.5, 0.6) is 5.75 Å². The van der Waals surface area contributed by atoms with Crippen LogP contribution in [0.1, 0.15) is 48.5 Å². The van der Waals surface area contributed by atoms with Gasteiger partial charge in [-0.05, 0) is 36.2 Å². The van der Waals surface area contributed by atoms with Gasteiger partial charge in [-0.3, -0.25) is 9.89 Å². The maximum absolute atomic E-state index is 12.4. The highest BCUT2D eigenvalue weighted by Crippen LogP contribution is 2.20. The van der Waals surface area contributed by atoms with E-state index in [1.807, 2.05) is 42.5 Å². The molecule has 0 atom stereocenters. The maximum atomic E-state index is 12.4. The van der Waals surface area contributed by atoms with Gasteiger partial charge >= 0.3 is 0 Å². The van der Waals surface area contributed by atoms with Crippen LogP contribution in [0, 0.1) is 0 Å². The molecule has 3 rings (SSSR count). The number of benzene rings is 2. The lowest BCUT2D eigenvalue weighted by atomic mass is 10.1. The number of rotatable bonds is 10. The number of aromatic nitrogens is 2. The summed E-state index contributed by atoms with van der Waals surface area (Å²) in [6.07, 6.45) is 6.46. The van der Waals surface area contributed by atoms with E-state index in [0.29, 0.717) is 18.7 Å². The number of aromatic amines is 1. The Kier molecular flexibility index (Phi) is 7.24. The number of hydrogen-bond acceptors (Lipinski definition) is 3. The zero-order chi connectivity index (χ0) is 19.6. The van der Waals surface area contributed by atoms with E-state index in [1.54, 1.807) is 18.3 Å². The molecule has 5 heteroatoms. The van der Waals surface area contributed by atoms with Crippen LogP contribution >= 0.6 is 0 Å². The van der Waals surface area contributed by atoms with Crippen molar-refractivity contribution in [3.8, 4) is 17.0 Å². The lowest BCUT2D eigenvalue weighted by Gasteiger charge is -2.08. The molecule has 0 saturated heterocycles. The predicted molar refractivity (Wildman–Crippen MR) is 111 cm³/mol. The van der Waals surface area contributed by atoms with Crippen LogP contribution in [0.3, 0.4) is 0 Å². The van der Waals surface area contributed by atoms with Gasteiger partial charge in [0, 0.05) is 17.7 Å². The molecule has 1 aromatic heterocycles. The molecule has 0 spiro atoms. The molecular formula is C23H27N3O2. The molecule has 2 aromatic carbocycles. The van der Waals surface area contributed by atoms with Crippen LogP contribution < -0.4 is 10.1 Å². The van der Waals surface area contributed by atoms with Crippen molar-refractivity contribution in [1.29, 1.82) is 0 Å². The molecule has 1 heterocycles. The van der Waals surface area contributed by atoms with Crippen molar-refractivity contribution >= 4 is 5.91 Å². The third-order valence-electron chi connectivity index (χ3n) is 4.60. The van der Waals surface area contributed by atoms with Gasteiger partial charge in [0.1, 0.15) is 5.75 Å². The van der Waals surface area contributed by atoms with E-state index in [4.69, 9.17) is 4.74 Å². The van der Waals surface area contributed by atoms with Crippen molar-refractivity contribution in [2.75, 3.05) is 6.61 Å². The fourth-order valence-electron chi connectivity index (χ4n) is 3.00. The zero-order valence-corrected chi connectivity index (χ0v) is 16.3. The first kappa shape index (κ1) is 19.7. The number of carbonyl (C=O) groups excluding carboxylic acids is 1. The largest absolute Gasteiger partial charge is 0.494 e. The Bertz CT molecular complexity index is 857. The van der Waals surface area contributed by atoms with Crippen LogP contribution in [0.15, 0.2) is 60.8 Å². The standard InChI is InChI=1S/C23H27N3O2/c1-2-3-4-8-15-28-21-13-11-19(12-14-21)23(27)24-16-20-17-25-26-22(20)18-9-6-5-7-10-18/h5-7,9-14,17H,2-4,8,15-16H2,1H3,(H,24,27)(H,25,26). The highest BCUT2D eigenvalue weighted by atomic mass is 16.5. The molecule has 5 nitrogen and oxygen atoms in total. The average molecular weight is 377 g/mol. The molecule has 0 aliphatic carbocycles. The van der Waals surface area contributed by atoms with Gasteiger partial charge in [-0.1, -0.05) is 56.5 Å². The van der Waals surface area contributed by atoms with Gasteiger partial charge in [0.15, 0.2) is 0 Å². The molecular weight excluding hydrogens is 350 g/mol. The first-order valence-electron chi connectivity index (χ1n) is 9.86. The number of H-pyrrole nitrogens is 1. The van der Waals surface area contributed by atoms with Gasteiger partial charge in [0.25, 0.3) is 5.91 Å². The lowest BCUT2D eigenvalue weighted by Crippen LogP contribution is -2.22. The fourth-order valence-corrected chi connectivity index (χ4v) is 3.00. The van der Waals surface area contributed by atoms with Crippen molar-refractivity contribution in [3.63, 3.8) is 0 Å². The van der Waals surface area contributed by atoms with Gasteiger partial charge < -0.3 is 10.1 Å². The van der Waals surface area contributed by atoms with E-state index in [-0.39, 0.29) is 5.91 Å². The molecule has 0 aliphatic heterocycles. The molecule has 2 N–H and O–H groups in total. The number of hydrogen-bond donors (Lipinski definition) is 2. The van der Waals surface area contributed by atoms with Crippen molar-refractivity contribution in [3.05, 3.63) is 71.9 Å². The summed E-state index contributed by atoms with van der Waals surface area (Å²) in [6, 6.07) is 17.2. The minimum absolute atomic E-state index is 0.116. The number of unbranched alkanes of at least 4 members (excludes halogenated alkanes) is 3. The van der Waals surface area contributed by atoms with E-state index in [2.05, 4.69) is 22.4 Å². The first-order chi connectivity index (χ1) is 13.8. The molecule has 0 saturated carbocycles. The summed E-state index contributed by atoms with van der Waals surface area (Å²) in [5.41, 5.74) is 3.53. The lowest BCUT2D eigenvalue weighted by molar-refractivity contribution is 0.0951. The quantitative estimate of drug-likeness (QED) is 0.490. The van der Waals surface area contributed by atoms with E-state index in [9.17, 15) is 4.79 Å². The van der Waals surface area contributed by atoms with Crippen molar-refractivity contribution in [1.82, 2.24) is 15.5 Å². The number of ether oxygens (including phenoxy) is 1. The summed E-state index contributed by atoms with van der Waals surface area (Å²) in [5.74, 6) is 0.684. The number of amides is 1. The second kappa shape index (κ2) is 10.3. The summed E-state index contributed by atoms with van der Waals surface area (Å²) in [5, 5.41) is 10.1. The van der Waals surface area contributed by atoms with Crippen LogP contribution in [-0.4, -0.2) is 22.7 Å². The minimum atomic E-state index is -0.116. The van der Waals surface area contributed by atoms with Gasteiger partial charge in [0.2, 0.25) is 0 Å². The predicted octanol–water partition coefficient (Wildman–Crippen LogP) is 4.97. The van der Waals surface area contributed by atoms with E-state index in [1.165, 1.54) is 19.3 Å². The Morgan fingerprint density at radius 3 is 2.57 bits per heavy atom. The molecule has 146 valence electrons. The van der Waals surface area contributed by atoms with Crippen molar-refractivity contribution in [2.24, 2.45) is 0 Å². The molecule has 3 aromatic rings. The third-order valence-corrected chi connectivity index (χ3v) is 4.60. The monoisotopic (exact) mass is 377 g/mol. The summed E-state index contributed by atoms with van der Waals surface area (Å²) in [7, 11) is 0. The Labute approximate surface area is 166 Å². The van der Waals surface area contributed by atoms with E-state index in [0.717, 1.165) is 29.0 Å². The maximum Gasteiger partial charge on any atom is 0.251 e. The van der Waals surface area contributed by atoms with Gasteiger partial charge in [-0.25, -0.2) is 0 Å². The summed E-state index contributed by atoms with van der Waals surface area (Å²) in [6.45, 7) is 3.32. The highest BCUT2D eigenvalue weighted by Gasteiger charge is 2.10. The summed E-state index contributed by atoms with van der Waals surface area (Å²) in [4.78, 5) is 12.4. The second-order valence-corrected chi connectivity index (χ2v) is 6.75. The average Bonchev–Trinajstić information content (AvgIpc) is 3.21. The zero-order valence-electron chi connectivity index (χ0n) is 16.3. The Hall–Kier alpha value is -3.08. The highest BCUT2D eigenvalue weighted by molar-refractivity contribution is 5.94. The van der Waals surface area contributed by atoms with E-state index >= 15 is 0 Å². The smallest absolute Gasteiger partial charge is 0.251 e. The second-order valence-electron chi connectivity index (χ2n) is 6.75. The summed E-state index contributed by atoms with van der Waals surface area (Å²) < 4.78 is 5.73. The normalized spacial score (nSPS) is 10.6. The molecule has 0 aliphatic rings. The van der Waals surface area contributed by atoms with Crippen LogP contribution in [0.25, 0.3) is 11.3 Å². The third kappa shape index (κ3) is 5.46. The summed E-state index contributed by atoms with van der Waals surface area (Å²) >= 11 is 0.